The molecule has 1 aromatic carbocycles. The Bertz CT molecular complexity index is 870. The van der Waals surface area contributed by atoms with Gasteiger partial charge >= 0.3 is 0 Å². The van der Waals surface area contributed by atoms with Crippen LogP contribution < -0.4 is 0 Å². The Morgan fingerprint density at radius 2 is 2.29 bits per heavy atom. The first-order valence-corrected chi connectivity index (χ1v) is 7.99. The first kappa shape index (κ1) is 14.8. The fourth-order valence-electron chi connectivity index (χ4n) is 3.02. The number of benzene rings is 1. The Hall–Kier alpha value is -2.74. The number of hydrogen-bond donors (Lipinski definition) is 1. The number of H-pyrrole nitrogens is 1. The smallest absolute Gasteiger partial charge is 0.275 e. The summed E-state index contributed by atoms with van der Waals surface area (Å²) in [5.74, 6) is 0.658. The highest BCUT2D eigenvalue weighted by molar-refractivity contribution is 6.04. The van der Waals surface area contributed by atoms with Crippen LogP contribution in [-0.2, 0) is 11.3 Å². The van der Waals surface area contributed by atoms with Crippen molar-refractivity contribution < 1.29 is 9.53 Å². The number of rotatable bonds is 3. The molecule has 3 aromatic rings. The number of aryl methyl sites for hydroxylation is 1. The number of fused-ring (bicyclic) bond motifs is 1. The Morgan fingerprint density at radius 3 is 3.17 bits per heavy atom. The number of amides is 1. The minimum atomic E-state index is -0.268. The molecule has 1 aliphatic rings. The van der Waals surface area contributed by atoms with E-state index in [9.17, 15) is 4.79 Å². The zero-order valence-electron chi connectivity index (χ0n) is 13.3. The van der Waals surface area contributed by atoms with Crippen LogP contribution in [0.1, 0.15) is 29.3 Å². The van der Waals surface area contributed by atoms with E-state index in [1.165, 1.54) is 0 Å². The molecule has 0 spiro atoms. The summed E-state index contributed by atoms with van der Waals surface area (Å²) < 4.78 is 7.74. The van der Waals surface area contributed by atoms with Crippen LogP contribution in [0, 0.1) is 0 Å². The third-order valence-electron chi connectivity index (χ3n) is 4.30. The highest BCUT2D eigenvalue weighted by Crippen LogP contribution is 2.23. The van der Waals surface area contributed by atoms with E-state index in [4.69, 9.17) is 4.74 Å². The van der Waals surface area contributed by atoms with Crippen molar-refractivity contribution in [3.8, 4) is 0 Å². The number of ether oxygens (including phenoxy) is 1. The first-order valence-electron chi connectivity index (χ1n) is 7.99. The zero-order chi connectivity index (χ0) is 16.5. The molecule has 124 valence electrons. The van der Waals surface area contributed by atoms with Gasteiger partial charge in [-0.25, -0.2) is 0 Å². The predicted octanol–water partition coefficient (Wildman–Crippen LogP) is 1.39. The lowest BCUT2D eigenvalue weighted by Crippen LogP contribution is -2.43. The molecule has 4 rings (SSSR count). The highest BCUT2D eigenvalue weighted by atomic mass is 16.5. The molecule has 8 heteroatoms. The summed E-state index contributed by atoms with van der Waals surface area (Å²) in [6.45, 7) is 4.24. The van der Waals surface area contributed by atoms with Gasteiger partial charge in [0.25, 0.3) is 5.91 Å². The van der Waals surface area contributed by atoms with Gasteiger partial charge in [-0.05, 0) is 13.0 Å². The Balaban J connectivity index is 1.59. The second-order valence-corrected chi connectivity index (χ2v) is 5.70. The largest absolute Gasteiger partial charge is 0.366 e. The molecule has 1 fully saturated rings. The Morgan fingerprint density at radius 1 is 1.42 bits per heavy atom. The molecule has 1 N–H and O–H groups in total. The third-order valence-corrected chi connectivity index (χ3v) is 4.30. The molecular weight excluding hydrogens is 308 g/mol. The maximum atomic E-state index is 12.9. The van der Waals surface area contributed by atoms with Crippen molar-refractivity contribution in [1.82, 2.24) is 29.9 Å². The second kappa shape index (κ2) is 6.04. The molecule has 0 radical (unpaired) electrons. The van der Waals surface area contributed by atoms with Crippen LogP contribution >= 0.6 is 0 Å². The molecule has 1 amide bonds. The number of carbonyl (C=O) groups is 1. The number of aromatic amines is 1. The van der Waals surface area contributed by atoms with Crippen LogP contribution in [-0.4, -0.2) is 55.5 Å². The van der Waals surface area contributed by atoms with E-state index in [0.717, 1.165) is 23.3 Å². The minimum Gasteiger partial charge on any atom is -0.366 e. The van der Waals surface area contributed by atoms with Crippen molar-refractivity contribution in [3.05, 3.63) is 42.1 Å². The average Bonchev–Trinajstić information content (AvgIpc) is 3.28. The van der Waals surface area contributed by atoms with Gasteiger partial charge in [-0.1, -0.05) is 18.2 Å². The molecular formula is C16H18N6O2. The molecule has 8 nitrogen and oxygen atoms in total. The monoisotopic (exact) mass is 326 g/mol. The molecule has 1 saturated heterocycles. The Labute approximate surface area is 138 Å². The molecule has 24 heavy (non-hydrogen) atoms. The van der Waals surface area contributed by atoms with Crippen LogP contribution in [0.2, 0.25) is 0 Å². The summed E-state index contributed by atoms with van der Waals surface area (Å²) in [5, 5.41) is 16.0. The summed E-state index contributed by atoms with van der Waals surface area (Å²) in [6, 6.07) is 7.63. The third kappa shape index (κ3) is 2.44. The normalized spacial score (nSPS) is 18.2. The van der Waals surface area contributed by atoms with Crippen molar-refractivity contribution in [1.29, 1.82) is 0 Å². The van der Waals surface area contributed by atoms with Gasteiger partial charge in [0.05, 0.1) is 18.7 Å². The molecule has 0 saturated carbocycles. The van der Waals surface area contributed by atoms with E-state index in [0.29, 0.717) is 25.4 Å². The van der Waals surface area contributed by atoms with Gasteiger partial charge in [-0.15, -0.1) is 10.2 Å². The van der Waals surface area contributed by atoms with Crippen LogP contribution in [0.4, 0.5) is 0 Å². The molecule has 3 heterocycles. The maximum Gasteiger partial charge on any atom is 0.275 e. The van der Waals surface area contributed by atoms with Gasteiger partial charge in [-0.3, -0.25) is 9.89 Å². The molecule has 1 atom stereocenters. The van der Waals surface area contributed by atoms with Gasteiger partial charge < -0.3 is 14.2 Å². The van der Waals surface area contributed by atoms with E-state index in [-0.39, 0.29) is 12.0 Å². The van der Waals surface area contributed by atoms with Gasteiger partial charge in [0, 0.05) is 18.5 Å². The number of nitrogens with one attached hydrogen (secondary N) is 1. The quantitative estimate of drug-likeness (QED) is 0.785. The summed E-state index contributed by atoms with van der Waals surface area (Å²) in [5.41, 5.74) is 1.31. The average molecular weight is 326 g/mol. The van der Waals surface area contributed by atoms with E-state index >= 15 is 0 Å². The predicted molar refractivity (Wildman–Crippen MR) is 86.4 cm³/mol. The topological polar surface area (TPSA) is 88.9 Å². The zero-order valence-corrected chi connectivity index (χ0v) is 13.3. The number of hydrogen-bond acceptors (Lipinski definition) is 5. The van der Waals surface area contributed by atoms with E-state index in [1.807, 2.05) is 35.8 Å². The number of carbonyl (C=O) groups excluding carboxylic acids is 1. The van der Waals surface area contributed by atoms with Crippen LogP contribution in [0.3, 0.4) is 0 Å². The number of morpholine rings is 1. The first-order chi connectivity index (χ1) is 11.8. The summed E-state index contributed by atoms with van der Waals surface area (Å²) in [7, 11) is 0. The van der Waals surface area contributed by atoms with Crippen molar-refractivity contribution in [2.24, 2.45) is 0 Å². The molecule has 0 unspecified atom stereocenters. The minimum absolute atomic E-state index is 0.0942. The molecule has 0 bridgehead atoms. The summed E-state index contributed by atoms with van der Waals surface area (Å²) >= 11 is 0. The van der Waals surface area contributed by atoms with Crippen LogP contribution in [0.25, 0.3) is 10.9 Å². The SMILES string of the molecule is CCn1cnnc1[C@@H]1CN(C(=O)c2n[nH]c3ccccc23)CCO1. The van der Waals surface area contributed by atoms with Crippen molar-refractivity contribution in [2.75, 3.05) is 19.7 Å². The summed E-state index contributed by atoms with van der Waals surface area (Å²) in [4.78, 5) is 14.7. The van der Waals surface area contributed by atoms with Crippen LogP contribution in [0.15, 0.2) is 30.6 Å². The Kier molecular flexibility index (Phi) is 3.73. The lowest BCUT2D eigenvalue weighted by Gasteiger charge is -2.32. The molecule has 2 aromatic heterocycles. The molecule has 1 aliphatic heterocycles. The standard InChI is InChI=1S/C16H18N6O2/c1-2-21-10-17-20-15(21)13-9-22(7-8-24-13)16(23)14-11-5-3-4-6-12(11)18-19-14/h3-6,10,13H,2,7-9H2,1H3,(H,18,19)/t13-/m0/s1. The van der Waals surface area contributed by atoms with Crippen molar-refractivity contribution in [3.63, 3.8) is 0 Å². The van der Waals surface area contributed by atoms with Gasteiger partial charge in [0.2, 0.25) is 0 Å². The van der Waals surface area contributed by atoms with Crippen molar-refractivity contribution >= 4 is 16.8 Å². The fourth-order valence-corrected chi connectivity index (χ4v) is 3.02. The number of para-hydroxylation sites is 1. The second-order valence-electron chi connectivity index (χ2n) is 5.70. The highest BCUT2D eigenvalue weighted by Gasteiger charge is 2.30. The maximum absolute atomic E-state index is 12.9. The lowest BCUT2D eigenvalue weighted by atomic mass is 10.1. The van der Waals surface area contributed by atoms with Gasteiger partial charge in [0.1, 0.15) is 12.4 Å². The van der Waals surface area contributed by atoms with E-state index in [1.54, 1.807) is 11.2 Å². The van der Waals surface area contributed by atoms with Gasteiger partial charge in [0.15, 0.2) is 11.5 Å². The fraction of sp³-hybridized carbons (Fsp3) is 0.375. The number of nitrogens with zero attached hydrogens (tertiary/aromatic N) is 5. The number of aromatic nitrogens is 5. The van der Waals surface area contributed by atoms with Crippen molar-refractivity contribution in [2.45, 2.75) is 19.6 Å². The van der Waals surface area contributed by atoms with E-state index in [2.05, 4.69) is 20.4 Å². The van der Waals surface area contributed by atoms with E-state index < -0.39 is 0 Å². The van der Waals surface area contributed by atoms with Gasteiger partial charge in [-0.2, -0.15) is 5.10 Å². The molecule has 0 aliphatic carbocycles. The lowest BCUT2D eigenvalue weighted by molar-refractivity contribution is -0.0285. The summed E-state index contributed by atoms with van der Waals surface area (Å²) in [6.07, 6.45) is 1.41. The van der Waals surface area contributed by atoms with Crippen LogP contribution in [0.5, 0.6) is 0 Å².